The van der Waals surface area contributed by atoms with Crippen LogP contribution in [0.15, 0.2) is 53.4 Å². The molecule has 0 spiro atoms. The molecule has 0 atom stereocenters. The molecule has 0 saturated heterocycles. The number of aromatic nitrogens is 2. The third-order valence-corrected chi connectivity index (χ3v) is 5.68. The molecule has 0 aliphatic heterocycles. The molecule has 158 valence electrons. The van der Waals surface area contributed by atoms with Gasteiger partial charge in [-0.05, 0) is 62.4 Å². The molecule has 30 heavy (non-hydrogen) atoms. The number of sulfone groups is 1. The van der Waals surface area contributed by atoms with E-state index in [2.05, 4.69) is 10.4 Å². The molecular formula is C19H15F4N3O3S. The second-order valence-corrected chi connectivity index (χ2v) is 8.37. The molecule has 1 N–H and O–H groups in total. The molecule has 6 nitrogen and oxygen atoms in total. The van der Waals surface area contributed by atoms with Crippen molar-refractivity contribution in [3.05, 3.63) is 71.3 Å². The van der Waals surface area contributed by atoms with Gasteiger partial charge in [0.1, 0.15) is 5.69 Å². The first-order valence-corrected chi connectivity index (χ1v) is 9.94. The van der Waals surface area contributed by atoms with Crippen molar-refractivity contribution >= 4 is 21.4 Å². The maximum absolute atomic E-state index is 14.5. The summed E-state index contributed by atoms with van der Waals surface area (Å²) in [7, 11) is -5.51. The smallest absolute Gasteiger partial charge is 0.322 e. The predicted molar refractivity (Wildman–Crippen MR) is 101 cm³/mol. The first-order chi connectivity index (χ1) is 13.9. The fraction of sp³-hybridized carbons (Fsp3) is 0.158. The molecule has 11 heteroatoms. The van der Waals surface area contributed by atoms with E-state index in [0.717, 1.165) is 23.9 Å². The van der Waals surface area contributed by atoms with E-state index in [0.29, 0.717) is 17.8 Å². The lowest BCUT2D eigenvalue weighted by molar-refractivity contribution is -0.0436. The Labute approximate surface area is 169 Å². The average molecular weight is 441 g/mol. The highest BCUT2D eigenvalue weighted by molar-refractivity contribution is 7.92. The van der Waals surface area contributed by atoms with Crippen molar-refractivity contribution in [2.75, 3.05) is 5.32 Å². The molecule has 0 unspecified atom stereocenters. The van der Waals surface area contributed by atoms with Crippen molar-refractivity contribution < 1.29 is 30.8 Å². The molecule has 0 aliphatic carbocycles. The van der Waals surface area contributed by atoms with Gasteiger partial charge in [-0.2, -0.15) is 18.3 Å². The molecule has 3 rings (SSSR count). The zero-order valence-corrected chi connectivity index (χ0v) is 16.5. The highest BCUT2D eigenvalue weighted by atomic mass is 32.2. The molecular weight excluding hydrogens is 426 g/mol. The summed E-state index contributed by atoms with van der Waals surface area (Å²) in [6, 6.07) is 8.96. The summed E-state index contributed by atoms with van der Waals surface area (Å²) in [6.45, 7) is 3.53. The standard InChI is InChI=1S/C19H15F4N3O3S/c1-11-9-12(2)26(25-11)17-8-5-14(10-16(17)20)24-18(27)13-3-6-15(7-4-13)30(28,29)19(21,22)23/h3-10H,1-2H3,(H,24,27). The summed E-state index contributed by atoms with van der Waals surface area (Å²) in [6.07, 6.45) is 0. The van der Waals surface area contributed by atoms with Gasteiger partial charge in [0.25, 0.3) is 15.7 Å². The number of amides is 1. The van der Waals surface area contributed by atoms with E-state index in [1.807, 2.05) is 0 Å². The van der Waals surface area contributed by atoms with Crippen LogP contribution in [-0.4, -0.2) is 29.6 Å². The molecule has 0 aliphatic rings. The average Bonchev–Trinajstić information content (AvgIpc) is 2.99. The second-order valence-electron chi connectivity index (χ2n) is 6.43. The molecule has 1 aromatic heterocycles. The fourth-order valence-corrected chi connectivity index (χ4v) is 3.51. The number of hydrogen-bond donors (Lipinski definition) is 1. The maximum Gasteiger partial charge on any atom is 0.501 e. The topological polar surface area (TPSA) is 81.1 Å². The molecule has 0 fully saturated rings. The Balaban J connectivity index is 1.80. The van der Waals surface area contributed by atoms with Gasteiger partial charge < -0.3 is 5.32 Å². The number of alkyl halides is 3. The van der Waals surface area contributed by atoms with Gasteiger partial charge in [-0.25, -0.2) is 17.5 Å². The number of hydrogen-bond acceptors (Lipinski definition) is 4. The Morgan fingerprint density at radius 2 is 1.67 bits per heavy atom. The number of nitrogens with zero attached hydrogens (tertiary/aromatic N) is 2. The number of halogens is 4. The highest BCUT2D eigenvalue weighted by Gasteiger charge is 2.46. The van der Waals surface area contributed by atoms with E-state index in [1.54, 1.807) is 19.9 Å². The first kappa shape index (κ1) is 21.5. The maximum atomic E-state index is 14.5. The summed E-state index contributed by atoms with van der Waals surface area (Å²) in [5.41, 5.74) is -3.83. The Hall–Kier alpha value is -3.21. The Morgan fingerprint density at radius 1 is 1.03 bits per heavy atom. The van der Waals surface area contributed by atoms with Gasteiger partial charge in [0, 0.05) is 16.9 Å². The molecule has 3 aromatic rings. The minimum Gasteiger partial charge on any atom is -0.322 e. The van der Waals surface area contributed by atoms with Crippen LogP contribution in [-0.2, 0) is 9.84 Å². The number of nitrogens with one attached hydrogen (secondary N) is 1. The minimum atomic E-state index is -5.51. The molecule has 1 amide bonds. The van der Waals surface area contributed by atoms with Crippen LogP contribution >= 0.6 is 0 Å². The second kappa shape index (κ2) is 7.56. The lowest BCUT2D eigenvalue weighted by Gasteiger charge is -2.10. The van der Waals surface area contributed by atoms with Crippen LogP contribution in [0.3, 0.4) is 0 Å². The summed E-state index contributed by atoms with van der Waals surface area (Å²) in [5.74, 6) is -1.39. The van der Waals surface area contributed by atoms with Gasteiger partial charge in [0.2, 0.25) is 0 Å². The van der Waals surface area contributed by atoms with Crippen molar-refractivity contribution in [1.82, 2.24) is 9.78 Å². The van der Waals surface area contributed by atoms with Crippen molar-refractivity contribution in [2.45, 2.75) is 24.3 Å². The van der Waals surface area contributed by atoms with Crippen LogP contribution in [0.1, 0.15) is 21.7 Å². The third kappa shape index (κ3) is 4.06. The molecule has 1 heterocycles. The van der Waals surface area contributed by atoms with Crippen LogP contribution in [0, 0.1) is 19.7 Å². The predicted octanol–water partition coefficient (Wildman–Crippen LogP) is 4.17. The number of anilines is 1. The van der Waals surface area contributed by atoms with Crippen LogP contribution in [0.2, 0.25) is 0 Å². The van der Waals surface area contributed by atoms with Crippen molar-refractivity contribution in [3.63, 3.8) is 0 Å². The Bertz CT molecular complexity index is 1220. The van der Waals surface area contributed by atoms with Crippen molar-refractivity contribution in [3.8, 4) is 5.69 Å². The molecule has 0 bridgehead atoms. The number of carbonyl (C=O) groups is 1. The van der Waals surface area contributed by atoms with Crippen LogP contribution in [0.25, 0.3) is 5.69 Å². The van der Waals surface area contributed by atoms with Crippen molar-refractivity contribution in [2.24, 2.45) is 0 Å². The highest BCUT2D eigenvalue weighted by Crippen LogP contribution is 2.30. The Morgan fingerprint density at radius 3 is 2.17 bits per heavy atom. The van der Waals surface area contributed by atoms with Gasteiger partial charge in [0.15, 0.2) is 5.82 Å². The fourth-order valence-electron chi connectivity index (χ4n) is 2.75. The lowest BCUT2D eigenvalue weighted by Crippen LogP contribution is -2.23. The van der Waals surface area contributed by atoms with Gasteiger partial charge >= 0.3 is 5.51 Å². The summed E-state index contributed by atoms with van der Waals surface area (Å²) in [4.78, 5) is 11.3. The monoisotopic (exact) mass is 441 g/mol. The van der Waals surface area contributed by atoms with Gasteiger partial charge in [-0.15, -0.1) is 0 Å². The van der Waals surface area contributed by atoms with E-state index >= 15 is 0 Å². The number of rotatable bonds is 4. The third-order valence-electron chi connectivity index (χ3n) is 4.17. The van der Waals surface area contributed by atoms with E-state index in [-0.39, 0.29) is 16.9 Å². The zero-order chi connectivity index (χ0) is 22.3. The minimum absolute atomic E-state index is 0.0980. The van der Waals surface area contributed by atoms with Crippen LogP contribution in [0.4, 0.5) is 23.2 Å². The zero-order valence-electron chi connectivity index (χ0n) is 15.7. The van der Waals surface area contributed by atoms with E-state index in [1.165, 1.54) is 16.8 Å². The van der Waals surface area contributed by atoms with E-state index in [4.69, 9.17) is 0 Å². The summed E-state index contributed by atoms with van der Waals surface area (Å²) >= 11 is 0. The number of aryl methyl sites for hydroxylation is 2. The number of benzene rings is 2. The lowest BCUT2D eigenvalue weighted by atomic mass is 10.2. The van der Waals surface area contributed by atoms with E-state index < -0.39 is 32.0 Å². The SMILES string of the molecule is Cc1cc(C)n(-c2ccc(NC(=O)c3ccc(S(=O)(=O)C(F)(F)F)cc3)cc2F)n1. The molecule has 2 aromatic carbocycles. The molecule has 0 saturated carbocycles. The molecule has 0 radical (unpaired) electrons. The van der Waals surface area contributed by atoms with E-state index in [9.17, 15) is 30.8 Å². The quantitative estimate of drug-likeness (QED) is 0.616. The van der Waals surface area contributed by atoms with Crippen LogP contribution in [0.5, 0.6) is 0 Å². The normalized spacial score (nSPS) is 12.1. The van der Waals surface area contributed by atoms with Gasteiger partial charge in [-0.3, -0.25) is 4.79 Å². The first-order valence-electron chi connectivity index (χ1n) is 8.46. The van der Waals surface area contributed by atoms with Gasteiger partial charge in [-0.1, -0.05) is 0 Å². The summed E-state index contributed by atoms with van der Waals surface area (Å²) in [5, 5.41) is 6.59. The number of carbonyl (C=O) groups excluding carboxylic acids is 1. The van der Waals surface area contributed by atoms with Crippen LogP contribution < -0.4 is 5.32 Å². The van der Waals surface area contributed by atoms with Crippen molar-refractivity contribution in [1.29, 1.82) is 0 Å². The largest absolute Gasteiger partial charge is 0.501 e. The summed E-state index contributed by atoms with van der Waals surface area (Å²) < 4.78 is 76.4. The van der Waals surface area contributed by atoms with Gasteiger partial charge in [0.05, 0.1) is 10.6 Å². The Kier molecular flexibility index (Phi) is 5.42.